The van der Waals surface area contributed by atoms with Crippen molar-refractivity contribution in [2.45, 2.75) is 32.2 Å². The molecule has 0 N–H and O–H groups in total. The van der Waals surface area contributed by atoms with E-state index in [0.717, 1.165) is 29.0 Å². The van der Waals surface area contributed by atoms with Gasteiger partial charge in [-0.05, 0) is 50.5 Å². The Kier molecular flexibility index (Phi) is 3.29. The lowest BCUT2D eigenvalue weighted by atomic mass is 10.0. The second-order valence-electron chi connectivity index (χ2n) is 5.90. The molecule has 1 aromatic carbocycles. The summed E-state index contributed by atoms with van der Waals surface area (Å²) in [6, 6.07) is 12.5. The number of furan rings is 1. The van der Waals surface area contributed by atoms with Gasteiger partial charge in [0.05, 0.1) is 11.8 Å². The van der Waals surface area contributed by atoms with Gasteiger partial charge < -0.3 is 9.32 Å². The largest absolute Gasteiger partial charge is 0.461 e. The van der Waals surface area contributed by atoms with Crippen molar-refractivity contribution in [2.75, 3.05) is 11.4 Å². The van der Waals surface area contributed by atoms with Crippen molar-refractivity contribution >= 4 is 16.7 Å². The number of para-hydroxylation sites is 1. The van der Waals surface area contributed by atoms with Gasteiger partial charge in [-0.3, -0.25) is 0 Å². The van der Waals surface area contributed by atoms with E-state index in [-0.39, 0.29) is 0 Å². The van der Waals surface area contributed by atoms with Gasteiger partial charge in [-0.1, -0.05) is 12.1 Å². The number of piperidine rings is 1. The third-order valence-corrected chi connectivity index (χ3v) is 4.40. The number of nitrogens with zero attached hydrogens (tertiary/aromatic N) is 3. The van der Waals surface area contributed by atoms with Crippen LogP contribution in [0.25, 0.3) is 22.5 Å². The normalized spacial score (nSPS) is 18.8. The Hall–Kier alpha value is -2.36. The molecule has 2 aromatic heterocycles. The molecule has 22 heavy (non-hydrogen) atoms. The van der Waals surface area contributed by atoms with Gasteiger partial charge in [-0.15, -0.1) is 0 Å². The Bertz CT molecular complexity index is 782. The van der Waals surface area contributed by atoms with Crippen molar-refractivity contribution in [3.63, 3.8) is 0 Å². The fourth-order valence-electron chi connectivity index (χ4n) is 3.21. The van der Waals surface area contributed by atoms with Gasteiger partial charge >= 0.3 is 0 Å². The predicted octanol–water partition coefficient (Wildman–Crippen LogP) is 4.27. The summed E-state index contributed by atoms with van der Waals surface area (Å²) >= 11 is 0. The number of fused-ring (bicyclic) bond motifs is 1. The zero-order valence-corrected chi connectivity index (χ0v) is 12.7. The van der Waals surface area contributed by atoms with Gasteiger partial charge in [-0.2, -0.15) is 0 Å². The minimum Gasteiger partial charge on any atom is -0.461 e. The fourth-order valence-corrected chi connectivity index (χ4v) is 3.21. The summed E-state index contributed by atoms with van der Waals surface area (Å²) in [4.78, 5) is 11.9. The number of anilines is 1. The molecule has 0 bridgehead atoms. The van der Waals surface area contributed by atoms with E-state index in [0.29, 0.717) is 11.9 Å². The first-order valence-electron chi connectivity index (χ1n) is 7.90. The Morgan fingerprint density at radius 2 is 2.00 bits per heavy atom. The molecular formula is C18H19N3O. The van der Waals surface area contributed by atoms with Crippen LogP contribution in [0, 0.1) is 0 Å². The Labute approximate surface area is 129 Å². The molecule has 1 aliphatic heterocycles. The van der Waals surface area contributed by atoms with Crippen LogP contribution in [-0.4, -0.2) is 22.6 Å². The molecule has 4 nitrogen and oxygen atoms in total. The highest BCUT2D eigenvalue weighted by Gasteiger charge is 2.23. The van der Waals surface area contributed by atoms with Crippen LogP contribution in [0.2, 0.25) is 0 Å². The Morgan fingerprint density at radius 1 is 1.09 bits per heavy atom. The average Bonchev–Trinajstić information content (AvgIpc) is 3.09. The van der Waals surface area contributed by atoms with Crippen LogP contribution in [0.3, 0.4) is 0 Å². The topological polar surface area (TPSA) is 42.2 Å². The summed E-state index contributed by atoms with van der Waals surface area (Å²) in [7, 11) is 0. The number of hydrogen-bond acceptors (Lipinski definition) is 4. The van der Waals surface area contributed by atoms with Gasteiger partial charge in [0.2, 0.25) is 0 Å². The summed E-state index contributed by atoms with van der Waals surface area (Å²) in [5.74, 6) is 2.41. The second kappa shape index (κ2) is 5.44. The second-order valence-corrected chi connectivity index (χ2v) is 5.90. The molecule has 3 aromatic rings. The van der Waals surface area contributed by atoms with E-state index in [2.05, 4.69) is 28.9 Å². The smallest absolute Gasteiger partial charge is 0.198 e. The Morgan fingerprint density at radius 3 is 2.82 bits per heavy atom. The molecule has 1 saturated heterocycles. The lowest BCUT2D eigenvalue weighted by Gasteiger charge is -2.35. The van der Waals surface area contributed by atoms with Crippen molar-refractivity contribution in [1.82, 2.24) is 9.97 Å². The maximum absolute atomic E-state index is 5.49. The lowest BCUT2D eigenvalue weighted by molar-refractivity contribution is 0.482. The van der Waals surface area contributed by atoms with Crippen LogP contribution in [0.1, 0.15) is 26.2 Å². The maximum Gasteiger partial charge on any atom is 0.198 e. The first kappa shape index (κ1) is 13.3. The van der Waals surface area contributed by atoms with Crippen molar-refractivity contribution in [3.05, 3.63) is 42.7 Å². The van der Waals surface area contributed by atoms with E-state index in [1.165, 1.54) is 19.3 Å². The van der Waals surface area contributed by atoms with Crippen LogP contribution in [0.5, 0.6) is 0 Å². The van der Waals surface area contributed by atoms with Crippen molar-refractivity contribution < 1.29 is 4.42 Å². The summed E-state index contributed by atoms with van der Waals surface area (Å²) in [5.41, 5.74) is 0.969. The molecule has 1 aliphatic rings. The molecule has 0 saturated carbocycles. The standard InChI is InChI=1S/C18H19N3O/c1-13-7-4-5-11-21(13)18-14-8-2-3-9-15(14)19-17(20-18)16-10-6-12-22-16/h2-3,6,8-10,12-13H,4-5,7,11H2,1H3. The Balaban J connectivity index is 1.91. The van der Waals surface area contributed by atoms with Gasteiger partial charge in [0, 0.05) is 18.0 Å². The maximum atomic E-state index is 5.49. The molecule has 4 heteroatoms. The van der Waals surface area contributed by atoms with Crippen LogP contribution >= 0.6 is 0 Å². The minimum absolute atomic E-state index is 0.511. The summed E-state index contributed by atoms with van der Waals surface area (Å²) in [6.07, 6.45) is 5.40. The van der Waals surface area contributed by atoms with Gasteiger partial charge in [0.25, 0.3) is 0 Å². The first-order chi connectivity index (χ1) is 10.8. The van der Waals surface area contributed by atoms with Crippen LogP contribution < -0.4 is 4.90 Å². The molecule has 3 heterocycles. The van der Waals surface area contributed by atoms with E-state index in [9.17, 15) is 0 Å². The van der Waals surface area contributed by atoms with Crippen molar-refractivity contribution in [1.29, 1.82) is 0 Å². The molecule has 0 spiro atoms. The zero-order valence-electron chi connectivity index (χ0n) is 12.7. The molecule has 0 aliphatic carbocycles. The summed E-state index contributed by atoms with van der Waals surface area (Å²) in [6.45, 7) is 3.34. The van der Waals surface area contributed by atoms with Gasteiger partial charge in [0.15, 0.2) is 11.6 Å². The SMILES string of the molecule is CC1CCCCN1c1nc(-c2ccco2)nc2ccccc12. The highest BCUT2D eigenvalue weighted by atomic mass is 16.3. The quantitative estimate of drug-likeness (QED) is 0.707. The summed E-state index contributed by atoms with van der Waals surface area (Å²) < 4.78 is 5.49. The van der Waals surface area contributed by atoms with E-state index < -0.39 is 0 Å². The first-order valence-corrected chi connectivity index (χ1v) is 7.90. The third-order valence-electron chi connectivity index (χ3n) is 4.40. The monoisotopic (exact) mass is 293 g/mol. The van der Waals surface area contributed by atoms with Crippen LogP contribution in [0.15, 0.2) is 47.1 Å². The third kappa shape index (κ3) is 2.25. The van der Waals surface area contributed by atoms with Crippen molar-refractivity contribution in [2.24, 2.45) is 0 Å². The number of aromatic nitrogens is 2. The molecule has 0 amide bonds. The minimum atomic E-state index is 0.511. The fraction of sp³-hybridized carbons (Fsp3) is 0.333. The molecule has 1 unspecified atom stereocenters. The molecule has 0 radical (unpaired) electrons. The molecule has 1 fully saturated rings. The lowest BCUT2D eigenvalue weighted by Crippen LogP contribution is -2.38. The number of hydrogen-bond donors (Lipinski definition) is 0. The van der Waals surface area contributed by atoms with E-state index >= 15 is 0 Å². The van der Waals surface area contributed by atoms with E-state index in [4.69, 9.17) is 9.40 Å². The van der Waals surface area contributed by atoms with Crippen molar-refractivity contribution in [3.8, 4) is 11.6 Å². The van der Waals surface area contributed by atoms with Crippen LogP contribution in [-0.2, 0) is 0 Å². The summed E-state index contributed by atoms with van der Waals surface area (Å²) in [5, 5.41) is 1.12. The van der Waals surface area contributed by atoms with E-state index in [1.807, 2.05) is 24.3 Å². The van der Waals surface area contributed by atoms with Crippen LogP contribution in [0.4, 0.5) is 5.82 Å². The van der Waals surface area contributed by atoms with Gasteiger partial charge in [0.1, 0.15) is 5.82 Å². The predicted molar refractivity (Wildman–Crippen MR) is 87.9 cm³/mol. The highest BCUT2D eigenvalue weighted by Crippen LogP contribution is 2.31. The molecule has 112 valence electrons. The van der Waals surface area contributed by atoms with E-state index in [1.54, 1.807) is 6.26 Å². The molecule has 1 atom stereocenters. The molecule has 4 rings (SSSR count). The zero-order chi connectivity index (χ0) is 14.9. The number of benzene rings is 1. The molecular weight excluding hydrogens is 274 g/mol. The average molecular weight is 293 g/mol. The number of rotatable bonds is 2. The highest BCUT2D eigenvalue weighted by molar-refractivity contribution is 5.91. The van der Waals surface area contributed by atoms with Gasteiger partial charge in [-0.25, -0.2) is 9.97 Å².